The van der Waals surface area contributed by atoms with Crippen LogP contribution in [0.2, 0.25) is 5.02 Å². The first-order chi connectivity index (χ1) is 11.7. The largest absolute Gasteiger partial charge is 0.456 e. The van der Waals surface area contributed by atoms with E-state index in [1.54, 1.807) is 10.6 Å². The number of ether oxygens (including phenoxy) is 1. The van der Waals surface area contributed by atoms with Gasteiger partial charge in [0.1, 0.15) is 6.61 Å². The average molecular weight is 338 g/mol. The van der Waals surface area contributed by atoms with Gasteiger partial charge in [0, 0.05) is 6.20 Å². The van der Waals surface area contributed by atoms with E-state index in [-0.39, 0.29) is 17.3 Å². The Balaban J connectivity index is 1.67. The van der Waals surface area contributed by atoms with E-state index in [9.17, 15) is 4.79 Å². The first-order valence-electron chi connectivity index (χ1n) is 7.37. The number of para-hydroxylation sites is 2. The number of halogens is 1. The van der Waals surface area contributed by atoms with E-state index in [2.05, 4.69) is 9.97 Å². The van der Waals surface area contributed by atoms with Gasteiger partial charge in [0.2, 0.25) is 5.78 Å². The fourth-order valence-corrected chi connectivity index (χ4v) is 2.72. The number of esters is 1. The summed E-state index contributed by atoms with van der Waals surface area (Å²) >= 11 is 6.23. The Morgan fingerprint density at radius 2 is 1.79 bits per heavy atom. The predicted octanol–water partition coefficient (Wildman–Crippen LogP) is 3.89. The Labute approximate surface area is 142 Å². The Morgan fingerprint density at radius 1 is 1.04 bits per heavy atom. The SMILES string of the molecule is O=C(OCc1ccccc1)c1nc2nc3ccccc3n2cc1Cl. The van der Waals surface area contributed by atoms with Gasteiger partial charge in [0.05, 0.1) is 16.1 Å². The fraction of sp³-hybridized carbons (Fsp3) is 0.0556. The molecule has 0 fully saturated rings. The van der Waals surface area contributed by atoms with E-state index in [4.69, 9.17) is 16.3 Å². The summed E-state index contributed by atoms with van der Waals surface area (Å²) in [7, 11) is 0. The maximum atomic E-state index is 12.3. The zero-order valence-electron chi connectivity index (χ0n) is 12.5. The first-order valence-corrected chi connectivity index (χ1v) is 7.74. The molecular weight excluding hydrogens is 326 g/mol. The van der Waals surface area contributed by atoms with Crippen molar-refractivity contribution in [3.63, 3.8) is 0 Å². The van der Waals surface area contributed by atoms with Crippen molar-refractivity contribution >= 4 is 34.4 Å². The normalized spacial score (nSPS) is 11.0. The Kier molecular flexibility index (Phi) is 3.63. The van der Waals surface area contributed by atoms with Crippen LogP contribution < -0.4 is 0 Å². The van der Waals surface area contributed by atoms with Crippen LogP contribution in [0.3, 0.4) is 0 Å². The minimum absolute atomic E-state index is 0.0652. The molecule has 0 unspecified atom stereocenters. The number of carbonyl (C=O) groups excluding carboxylic acids is 1. The molecule has 0 bridgehead atoms. The molecule has 5 nitrogen and oxygen atoms in total. The van der Waals surface area contributed by atoms with Gasteiger partial charge in [-0.05, 0) is 17.7 Å². The standard InChI is InChI=1S/C18H12ClN3O2/c19-13-10-22-15-9-5-4-8-14(15)20-18(22)21-16(13)17(23)24-11-12-6-2-1-3-7-12/h1-10H,11H2. The topological polar surface area (TPSA) is 56.5 Å². The van der Waals surface area contributed by atoms with E-state index >= 15 is 0 Å². The molecule has 0 saturated carbocycles. The smallest absolute Gasteiger partial charge is 0.359 e. The first kappa shape index (κ1) is 14.7. The Hall–Kier alpha value is -2.92. The number of fused-ring (bicyclic) bond motifs is 3. The molecule has 0 amide bonds. The van der Waals surface area contributed by atoms with Crippen LogP contribution in [0, 0.1) is 0 Å². The summed E-state index contributed by atoms with van der Waals surface area (Å²) in [5.41, 5.74) is 2.63. The van der Waals surface area contributed by atoms with Crippen molar-refractivity contribution in [3.05, 3.63) is 77.1 Å². The second-order valence-corrected chi connectivity index (χ2v) is 5.68. The third-order valence-electron chi connectivity index (χ3n) is 3.66. The molecule has 4 rings (SSSR count). The molecule has 2 aromatic heterocycles. The summed E-state index contributed by atoms with van der Waals surface area (Å²) in [6.07, 6.45) is 1.64. The van der Waals surface area contributed by atoms with Crippen LogP contribution in [0.4, 0.5) is 0 Å². The summed E-state index contributed by atoms with van der Waals surface area (Å²) in [4.78, 5) is 21.0. The monoisotopic (exact) mass is 337 g/mol. The van der Waals surface area contributed by atoms with Crippen LogP contribution >= 0.6 is 11.6 Å². The van der Waals surface area contributed by atoms with Gasteiger partial charge >= 0.3 is 5.97 Å². The third-order valence-corrected chi connectivity index (χ3v) is 3.94. The highest BCUT2D eigenvalue weighted by Crippen LogP contribution is 2.21. The molecular formula is C18H12ClN3O2. The number of nitrogens with zero attached hydrogens (tertiary/aromatic N) is 3. The van der Waals surface area contributed by atoms with E-state index in [0.29, 0.717) is 5.78 Å². The van der Waals surface area contributed by atoms with Gasteiger partial charge in [-0.2, -0.15) is 0 Å². The molecule has 0 spiro atoms. The van der Waals surface area contributed by atoms with Gasteiger partial charge in [-0.3, -0.25) is 4.40 Å². The fourth-order valence-electron chi connectivity index (χ4n) is 2.50. The van der Waals surface area contributed by atoms with Crippen LogP contribution in [0.1, 0.15) is 16.1 Å². The van der Waals surface area contributed by atoms with Crippen LogP contribution in [0.15, 0.2) is 60.8 Å². The third kappa shape index (κ3) is 2.59. The number of rotatable bonds is 3. The maximum Gasteiger partial charge on any atom is 0.359 e. The molecule has 24 heavy (non-hydrogen) atoms. The number of imidazole rings is 1. The Morgan fingerprint density at radius 3 is 2.62 bits per heavy atom. The highest BCUT2D eigenvalue weighted by molar-refractivity contribution is 6.33. The van der Waals surface area contributed by atoms with Crippen LogP contribution in [-0.4, -0.2) is 20.3 Å². The second kappa shape index (κ2) is 5.94. The molecule has 2 aromatic carbocycles. The lowest BCUT2D eigenvalue weighted by Crippen LogP contribution is -2.09. The summed E-state index contributed by atoms with van der Waals surface area (Å²) in [6.45, 7) is 0.166. The molecule has 0 radical (unpaired) electrons. The highest BCUT2D eigenvalue weighted by Gasteiger charge is 2.17. The minimum atomic E-state index is -0.571. The van der Waals surface area contributed by atoms with E-state index in [1.807, 2.05) is 54.6 Å². The molecule has 6 heteroatoms. The van der Waals surface area contributed by atoms with Crippen molar-refractivity contribution in [2.45, 2.75) is 6.61 Å². The number of benzene rings is 2. The lowest BCUT2D eigenvalue weighted by molar-refractivity contribution is 0.0466. The molecule has 2 heterocycles. The quantitative estimate of drug-likeness (QED) is 0.532. The van der Waals surface area contributed by atoms with Crippen molar-refractivity contribution in [2.24, 2.45) is 0 Å². The molecule has 4 aromatic rings. The molecule has 0 atom stereocenters. The summed E-state index contributed by atoms with van der Waals surface area (Å²) < 4.78 is 7.05. The number of carbonyl (C=O) groups is 1. The zero-order chi connectivity index (χ0) is 16.5. The van der Waals surface area contributed by atoms with Crippen LogP contribution in [0.25, 0.3) is 16.8 Å². The van der Waals surface area contributed by atoms with Gasteiger partial charge < -0.3 is 4.74 Å². The lowest BCUT2D eigenvalue weighted by atomic mass is 10.2. The highest BCUT2D eigenvalue weighted by atomic mass is 35.5. The zero-order valence-corrected chi connectivity index (χ0v) is 13.3. The lowest BCUT2D eigenvalue weighted by Gasteiger charge is -2.06. The summed E-state index contributed by atoms with van der Waals surface area (Å²) in [5.74, 6) is -0.161. The summed E-state index contributed by atoms with van der Waals surface area (Å²) in [6, 6.07) is 17.0. The van der Waals surface area contributed by atoms with Crippen LogP contribution in [0.5, 0.6) is 0 Å². The minimum Gasteiger partial charge on any atom is -0.456 e. The van der Waals surface area contributed by atoms with Gasteiger partial charge in [-0.15, -0.1) is 0 Å². The molecule has 0 aliphatic carbocycles. The van der Waals surface area contributed by atoms with Gasteiger partial charge in [-0.25, -0.2) is 14.8 Å². The van der Waals surface area contributed by atoms with Gasteiger partial charge in [0.25, 0.3) is 0 Å². The van der Waals surface area contributed by atoms with Crippen molar-refractivity contribution in [1.82, 2.24) is 14.4 Å². The number of hydrogen-bond donors (Lipinski definition) is 0. The van der Waals surface area contributed by atoms with Crippen molar-refractivity contribution in [3.8, 4) is 0 Å². The molecule has 0 saturated heterocycles. The second-order valence-electron chi connectivity index (χ2n) is 5.27. The van der Waals surface area contributed by atoms with Gasteiger partial charge in [-0.1, -0.05) is 54.1 Å². The average Bonchev–Trinajstić information content (AvgIpc) is 2.97. The predicted molar refractivity (Wildman–Crippen MR) is 91.1 cm³/mol. The van der Waals surface area contributed by atoms with Crippen molar-refractivity contribution in [2.75, 3.05) is 0 Å². The van der Waals surface area contributed by atoms with Crippen molar-refractivity contribution < 1.29 is 9.53 Å². The molecule has 0 N–H and O–H groups in total. The molecule has 0 aliphatic heterocycles. The number of aromatic nitrogens is 3. The van der Waals surface area contributed by atoms with Crippen molar-refractivity contribution in [1.29, 1.82) is 0 Å². The maximum absolute atomic E-state index is 12.3. The Bertz CT molecular complexity index is 1040. The van der Waals surface area contributed by atoms with Gasteiger partial charge in [0.15, 0.2) is 5.69 Å². The van der Waals surface area contributed by atoms with E-state index in [0.717, 1.165) is 16.6 Å². The number of hydrogen-bond acceptors (Lipinski definition) is 4. The van der Waals surface area contributed by atoms with Crippen LogP contribution in [-0.2, 0) is 11.3 Å². The summed E-state index contributed by atoms with van der Waals surface area (Å²) in [5, 5.41) is 0.226. The van der Waals surface area contributed by atoms with E-state index < -0.39 is 5.97 Å². The van der Waals surface area contributed by atoms with E-state index in [1.165, 1.54) is 0 Å². The molecule has 118 valence electrons. The molecule has 0 aliphatic rings.